The van der Waals surface area contributed by atoms with Crippen molar-refractivity contribution in [1.29, 1.82) is 0 Å². The molecule has 1 aromatic carbocycles. The van der Waals surface area contributed by atoms with Crippen LogP contribution in [0.5, 0.6) is 11.5 Å². The van der Waals surface area contributed by atoms with Gasteiger partial charge in [0, 0.05) is 25.6 Å². The number of aromatic nitrogens is 1. The van der Waals surface area contributed by atoms with E-state index in [2.05, 4.69) is 10.3 Å². The maximum atomic E-state index is 12.6. The highest BCUT2D eigenvalue weighted by Crippen LogP contribution is 2.31. The van der Waals surface area contributed by atoms with E-state index >= 15 is 0 Å². The van der Waals surface area contributed by atoms with Crippen molar-refractivity contribution in [1.82, 2.24) is 10.3 Å². The maximum Gasteiger partial charge on any atom is 0.237 e. The summed E-state index contributed by atoms with van der Waals surface area (Å²) in [7, 11) is 1.60. The lowest BCUT2D eigenvalue weighted by atomic mass is 9.91. The van der Waals surface area contributed by atoms with E-state index in [0.717, 1.165) is 24.0 Å². The fourth-order valence-corrected chi connectivity index (χ4v) is 3.39. The van der Waals surface area contributed by atoms with Crippen LogP contribution in [-0.2, 0) is 16.1 Å². The van der Waals surface area contributed by atoms with E-state index in [1.54, 1.807) is 19.5 Å². The number of ether oxygens (including phenoxy) is 3. The Morgan fingerprint density at radius 3 is 2.52 bits per heavy atom. The van der Waals surface area contributed by atoms with E-state index in [1.807, 2.05) is 37.3 Å². The second-order valence-electron chi connectivity index (χ2n) is 7.26. The number of hydrogen-bond donors (Lipinski definition) is 2. The van der Waals surface area contributed by atoms with Gasteiger partial charge in [0.1, 0.15) is 6.61 Å². The second-order valence-corrected chi connectivity index (χ2v) is 7.26. The van der Waals surface area contributed by atoms with Gasteiger partial charge in [-0.25, -0.2) is 0 Å². The van der Waals surface area contributed by atoms with Gasteiger partial charge in [-0.2, -0.15) is 0 Å². The Morgan fingerprint density at radius 2 is 1.87 bits per heavy atom. The van der Waals surface area contributed by atoms with Crippen LogP contribution in [0.2, 0.25) is 0 Å². The van der Waals surface area contributed by atoms with Crippen LogP contribution in [0.25, 0.3) is 0 Å². The minimum absolute atomic E-state index is 0. The average molecular weight is 472 g/mol. The normalized spacial score (nSPS) is 15.6. The number of methoxy groups -OCH3 is 1. The lowest BCUT2D eigenvalue weighted by molar-refractivity contribution is -0.125. The van der Waals surface area contributed by atoms with E-state index in [4.69, 9.17) is 19.9 Å². The molecule has 1 aliphatic rings. The lowest BCUT2D eigenvalue weighted by Crippen LogP contribution is -2.47. The number of rotatable bonds is 8. The molecule has 0 spiro atoms. The molecular formula is C22H31Cl2N3O4. The third-order valence-corrected chi connectivity index (χ3v) is 5.27. The first-order valence-corrected chi connectivity index (χ1v) is 9.92. The summed E-state index contributed by atoms with van der Waals surface area (Å²) in [5.41, 5.74) is 8.12. The van der Waals surface area contributed by atoms with Crippen LogP contribution in [0.15, 0.2) is 42.7 Å². The quantitative estimate of drug-likeness (QED) is 0.611. The van der Waals surface area contributed by atoms with Crippen molar-refractivity contribution in [3.63, 3.8) is 0 Å². The molecule has 1 saturated heterocycles. The number of nitrogens with zero attached hydrogens (tertiary/aromatic N) is 1. The van der Waals surface area contributed by atoms with Crippen molar-refractivity contribution < 1.29 is 19.0 Å². The number of halogens is 2. The zero-order chi connectivity index (χ0) is 20.6. The fourth-order valence-electron chi connectivity index (χ4n) is 3.39. The fraction of sp³-hybridized carbons (Fsp3) is 0.455. The number of pyridine rings is 1. The van der Waals surface area contributed by atoms with Crippen LogP contribution in [0.3, 0.4) is 0 Å². The van der Waals surface area contributed by atoms with E-state index in [9.17, 15) is 4.79 Å². The van der Waals surface area contributed by atoms with Gasteiger partial charge in [-0.15, -0.1) is 24.8 Å². The summed E-state index contributed by atoms with van der Waals surface area (Å²) in [6.07, 6.45) is 5.10. The van der Waals surface area contributed by atoms with Crippen molar-refractivity contribution in [2.75, 3.05) is 20.3 Å². The van der Waals surface area contributed by atoms with Crippen LogP contribution in [-0.4, -0.2) is 37.3 Å². The molecule has 0 radical (unpaired) electrons. The molecule has 0 bridgehead atoms. The largest absolute Gasteiger partial charge is 0.493 e. The van der Waals surface area contributed by atoms with Crippen LogP contribution in [0, 0.1) is 5.92 Å². The van der Waals surface area contributed by atoms with Gasteiger partial charge in [-0.05, 0) is 61.1 Å². The standard InChI is InChI=1S/C22H29N3O4.2ClH/c1-15(25-22(26)21(23)17-7-11-28-12-8-17)18-3-4-19(20(13-18)27-2)29-14-16-5-9-24-10-6-16;;/h3-6,9-10,13,15,17,21H,7-8,11-12,14,23H2,1-2H3,(H,25,26);2*1H. The summed E-state index contributed by atoms with van der Waals surface area (Å²) in [6, 6.07) is 8.75. The third kappa shape index (κ3) is 7.54. The molecule has 172 valence electrons. The van der Waals surface area contributed by atoms with Gasteiger partial charge in [-0.1, -0.05) is 6.07 Å². The SMILES string of the molecule is COc1cc(C(C)NC(=O)C(N)C2CCOCC2)ccc1OCc1ccncc1.Cl.Cl. The Hall–Kier alpha value is -2.06. The predicted molar refractivity (Wildman–Crippen MR) is 124 cm³/mol. The maximum absolute atomic E-state index is 12.6. The van der Waals surface area contributed by atoms with Crippen molar-refractivity contribution >= 4 is 30.7 Å². The van der Waals surface area contributed by atoms with Crippen LogP contribution >= 0.6 is 24.8 Å². The molecule has 1 fully saturated rings. The van der Waals surface area contributed by atoms with Gasteiger partial charge in [0.2, 0.25) is 5.91 Å². The number of carbonyl (C=O) groups is 1. The van der Waals surface area contributed by atoms with Crippen molar-refractivity contribution in [2.24, 2.45) is 11.7 Å². The topological polar surface area (TPSA) is 95.7 Å². The van der Waals surface area contributed by atoms with Gasteiger partial charge >= 0.3 is 0 Å². The third-order valence-electron chi connectivity index (χ3n) is 5.27. The summed E-state index contributed by atoms with van der Waals surface area (Å²) in [5, 5.41) is 3.01. The molecule has 1 amide bonds. The van der Waals surface area contributed by atoms with Gasteiger partial charge in [0.15, 0.2) is 11.5 Å². The summed E-state index contributed by atoms with van der Waals surface area (Å²) >= 11 is 0. The zero-order valence-corrected chi connectivity index (χ0v) is 19.4. The molecule has 2 heterocycles. The predicted octanol–water partition coefficient (Wildman–Crippen LogP) is 3.44. The van der Waals surface area contributed by atoms with Crippen LogP contribution in [0.4, 0.5) is 0 Å². The lowest BCUT2D eigenvalue weighted by Gasteiger charge is -2.28. The van der Waals surface area contributed by atoms with Crippen LogP contribution < -0.4 is 20.5 Å². The van der Waals surface area contributed by atoms with Crippen molar-refractivity contribution in [3.05, 3.63) is 53.9 Å². The average Bonchev–Trinajstić information content (AvgIpc) is 2.78. The zero-order valence-electron chi connectivity index (χ0n) is 17.8. The van der Waals surface area contributed by atoms with E-state index in [0.29, 0.717) is 31.3 Å². The number of hydrogen-bond acceptors (Lipinski definition) is 6. The smallest absolute Gasteiger partial charge is 0.237 e. The first kappa shape index (κ1) is 27.0. The Morgan fingerprint density at radius 1 is 1.19 bits per heavy atom. The van der Waals surface area contributed by atoms with Crippen molar-refractivity contribution in [3.8, 4) is 11.5 Å². The van der Waals surface area contributed by atoms with Gasteiger partial charge in [0.25, 0.3) is 0 Å². The molecule has 1 aromatic heterocycles. The Kier molecular flexibility index (Phi) is 11.6. The molecule has 1 aliphatic heterocycles. The number of amides is 1. The molecule has 7 nitrogen and oxygen atoms in total. The second kappa shape index (κ2) is 13.4. The van der Waals surface area contributed by atoms with E-state index in [-0.39, 0.29) is 42.7 Å². The molecule has 31 heavy (non-hydrogen) atoms. The number of nitrogens with one attached hydrogen (secondary N) is 1. The highest BCUT2D eigenvalue weighted by molar-refractivity contribution is 5.85. The molecule has 0 saturated carbocycles. The van der Waals surface area contributed by atoms with E-state index in [1.165, 1.54) is 0 Å². The van der Waals surface area contributed by atoms with Gasteiger partial charge < -0.3 is 25.3 Å². The van der Waals surface area contributed by atoms with E-state index < -0.39 is 6.04 Å². The van der Waals surface area contributed by atoms with Crippen LogP contribution in [0.1, 0.15) is 36.9 Å². The summed E-state index contributed by atoms with van der Waals surface area (Å²) < 4.78 is 16.7. The molecule has 3 rings (SSSR count). The first-order chi connectivity index (χ1) is 14.1. The summed E-state index contributed by atoms with van der Waals surface area (Å²) in [5.74, 6) is 1.28. The minimum Gasteiger partial charge on any atom is -0.493 e. The summed E-state index contributed by atoms with van der Waals surface area (Å²) in [6.45, 7) is 3.68. The summed E-state index contributed by atoms with van der Waals surface area (Å²) in [4.78, 5) is 16.6. The minimum atomic E-state index is -0.522. The molecule has 0 aliphatic carbocycles. The van der Waals surface area contributed by atoms with Gasteiger partial charge in [-0.3, -0.25) is 9.78 Å². The highest BCUT2D eigenvalue weighted by Gasteiger charge is 2.27. The highest BCUT2D eigenvalue weighted by atomic mass is 35.5. The monoisotopic (exact) mass is 471 g/mol. The van der Waals surface area contributed by atoms with Crippen molar-refractivity contribution in [2.45, 2.75) is 38.5 Å². The Bertz CT molecular complexity index is 805. The molecule has 2 unspecified atom stereocenters. The number of benzene rings is 1. The molecule has 2 aromatic rings. The molecule has 3 N–H and O–H groups in total. The Balaban J connectivity index is 0.00000240. The number of nitrogens with two attached hydrogens (primary N) is 1. The molecule has 2 atom stereocenters. The first-order valence-electron chi connectivity index (χ1n) is 9.92. The molecular weight excluding hydrogens is 441 g/mol. The molecule has 9 heteroatoms. The Labute approximate surface area is 195 Å². The van der Waals surface area contributed by atoms with Gasteiger partial charge in [0.05, 0.1) is 19.2 Å². The number of carbonyl (C=O) groups excluding carboxylic acids is 1.